The topological polar surface area (TPSA) is 35.2 Å². The molecule has 0 amide bonds. The number of hydrogen-bond donors (Lipinski definition) is 1. The lowest BCUT2D eigenvalue weighted by molar-refractivity contribution is 0.466. The molecular formula is C10H8FNO. The quantitative estimate of drug-likeness (QED) is 0.708. The molecule has 2 N–H and O–H groups in total. The van der Waals surface area contributed by atoms with E-state index in [4.69, 9.17) is 10.5 Å². The van der Waals surface area contributed by atoms with Gasteiger partial charge in [-0.25, -0.2) is 4.39 Å². The summed E-state index contributed by atoms with van der Waals surface area (Å²) in [5.74, 6) is 1.69. The van der Waals surface area contributed by atoms with Crippen LogP contribution in [0.15, 0.2) is 24.0 Å². The molecule has 0 radical (unpaired) electrons. The van der Waals surface area contributed by atoms with Crippen LogP contribution < -0.4 is 10.5 Å². The Balaban J connectivity index is 2.23. The molecule has 0 aromatic heterocycles. The van der Waals surface area contributed by atoms with Gasteiger partial charge in [0.1, 0.15) is 17.3 Å². The van der Waals surface area contributed by atoms with E-state index in [9.17, 15) is 4.39 Å². The van der Waals surface area contributed by atoms with Crippen LogP contribution in [0.2, 0.25) is 0 Å². The number of benzene rings is 1. The molecule has 1 heterocycles. The highest BCUT2D eigenvalue weighted by Gasteiger charge is 2.40. The first-order valence-electron chi connectivity index (χ1n) is 4.22. The first-order chi connectivity index (χ1) is 6.31. The van der Waals surface area contributed by atoms with E-state index >= 15 is 0 Å². The summed E-state index contributed by atoms with van der Waals surface area (Å²) >= 11 is 0. The van der Waals surface area contributed by atoms with Crippen molar-refractivity contribution in [2.24, 2.45) is 5.73 Å². The molecule has 1 atom stereocenters. The molecule has 2 aliphatic rings. The summed E-state index contributed by atoms with van der Waals surface area (Å²) in [5, 5.41) is 0. The van der Waals surface area contributed by atoms with Crippen LogP contribution in [0.25, 0.3) is 0 Å². The molecular weight excluding hydrogens is 169 g/mol. The van der Waals surface area contributed by atoms with Crippen LogP contribution in [0.1, 0.15) is 17.0 Å². The highest BCUT2D eigenvalue weighted by molar-refractivity contribution is 5.60. The van der Waals surface area contributed by atoms with Crippen molar-refractivity contribution in [3.63, 3.8) is 0 Å². The second-order valence-electron chi connectivity index (χ2n) is 3.29. The van der Waals surface area contributed by atoms with Gasteiger partial charge in [0, 0.05) is 17.7 Å². The molecule has 0 fully saturated rings. The van der Waals surface area contributed by atoms with Crippen molar-refractivity contribution in [3.8, 4) is 5.75 Å². The van der Waals surface area contributed by atoms with Crippen molar-refractivity contribution in [2.75, 3.05) is 0 Å². The predicted molar refractivity (Wildman–Crippen MR) is 45.7 cm³/mol. The second-order valence-corrected chi connectivity index (χ2v) is 3.29. The monoisotopic (exact) mass is 177 g/mol. The molecule has 1 aliphatic carbocycles. The number of rotatable bonds is 1. The Hall–Kier alpha value is -1.35. The van der Waals surface area contributed by atoms with Crippen molar-refractivity contribution in [2.45, 2.75) is 12.5 Å². The van der Waals surface area contributed by atoms with Gasteiger partial charge in [-0.15, -0.1) is 0 Å². The fraction of sp³-hybridized carbons (Fsp3) is 0.200. The maximum absolute atomic E-state index is 13.3. The van der Waals surface area contributed by atoms with Gasteiger partial charge in [0.05, 0.1) is 5.92 Å². The van der Waals surface area contributed by atoms with Gasteiger partial charge in [-0.3, -0.25) is 0 Å². The molecule has 13 heavy (non-hydrogen) atoms. The molecule has 0 spiro atoms. The van der Waals surface area contributed by atoms with E-state index in [0.717, 1.165) is 17.1 Å². The van der Waals surface area contributed by atoms with Gasteiger partial charge in [0.25, 0.3) is 0 Å². The zero-order chi connectivity index (χ0) is 9.00. The van der Waals surface area contributed by atoms with E-state index in [2.05, 4.69) is 0 Å². The average molecular weight is 177 g/mol. The number of halogens is 1. The summed E-state index contributed by atoms with van der Waals surface area (Å²) in [6, 6.07) is 3.07. The van der Waals surface area contributed by atoms with Gasteiger partial charge in [0.15, 0.2) is 0 Å². The lowest BCUT2D eigenvalue weighted by Crippen LogP contribution is -2.03. The van der Waals surface area contributed by atoms with Gasteiger partial charge in [0.2, 0.25) is 0 Å². The normalized spacial score (nSPS) is 21.7. The Bertz CT molecular complexity index is 425. The number of fused-ring (bicyclic) bond motifs is 3. The lowest BCUT2D eigenvalue weighted by atomic mass is 10.0. The molecule has 0 unspecified atom stereocenters. The Kier molecular flexibility index (Phi) is 1.15. The third-order valence-electron chi connectivity index (χ3n) is 2.53. The molecule has 0 bridgehead atoms. The van der Waals surface area contributed by atoms with Crippen LogP contribution in [0, 0.1) is 5.82 Å². The Morgan fingerprint density at radius 1 is 1.46 bits per heavy atom. The summed E-state index contributed by atoms with van der Waals surface area (Å²) in [7, 11) is 0. The Labute approximate surface area is 74.8 Å². The van der Waals surface area contributed by atoms with Crippen molar-refractivity contribution in [1.82, 2.24) is 0 Å². The van der Waals surface area contributed by atoms with E-state index in [1.807, 2.05) is 6.08 Å². The third-order valence-corrected chi connectivity index (χ3v) is 2.53. The predicted octanol–water partition coefficient (Wildman–Crippen LogP) is 1.66. The first kappa shape index (κ1) is 7.09. The second kappa shape index (κ2) is 2.12. The molecule has 2 nitrogen and oxygen atoms in total. The summed E-state index contributed by atoms with van der Waals surface area (Å²) in [6.07, 6.45) is 1.97. The maximum atomic E-state index is 13.3. The minimum absolute atomic E-state index is 0.212. The van der Waals surface area contributed by atoms with Crippen LogP contribution in [0.3, 0.4) is 0 Å². The first-order valence-corrected chi connectivity index (χ1v) is 4.22. The molecule has 3 heteroatoms. The van der Waals surface area contributed by atoms with Crippen LogP contribution in [-0.4, -0.2) is 0 Å². The van der Waals surface area contributed by atoms with E-state index in [0.29, 0.717) is 5.56 Å². The molecule has 1 aromatic rings. The summed E-state index contributed by atoms with van der Waals surface area (Å²) < 4.78 is 18.7. The highest BCUT2D eigenvalue weighted by Crippen LogP contribution is 2.52. The smallest absolute Gasteiger partial charge is 0.131 e. The maximum Gasteiger partial charge on any atom is 0.131 e. The van der Waals surface area contributed by atoms with Crippen molar-refractivity contribution in [3.05, 3.63) is 40.9 Å². The Morgan fingerprint density at radius 2 is 2.31 bits per heavy atom. The largest absolute Gasteiger partial charge is 0.461 e. The molecule has 0 saturated carbocycles. The number of allylic oxidation sites excluding steroid dienone is 2. The number of hydrogen-bond acceptors (Lipinski definition) is 2. The lowest BCUT2D eigenvalue weighted by Gasteiger charge is -2.06. The molecule has 0 saturated heterocycles. The molecule has 1 aliphatic heterocycles. The van der Waals surface area contributed by atoms with Crippen molar-refractivity contribution in [1.29, 1.82) is 0 Å². The van der Waals surface area contributed by atoms with Gasteiger partial charge in [-0.1, -0.05) is 0 Å². The average Bonchev–Trinajstić information content (AvgIpc) is 2.80. The van der Waals surface area contributed by atoms with Gasteiger partial charge >= 0.3 is 0 Å². The van der Waals surface area contributed by atoms with Crippen molar-refractivity contribution >= 4 is 0 Å². The van der Waals surface area contributed by atoms with E-state index in [1.54, 1.807) is 6.07 Å². The minimum atomic E-state index is -0.230. The van der Waals surface area contributed by atoms with Gasteiger partial charge < -0.3 is 10.5 Å². The summed E-state index contributed by atoms with van der Waals surface area (Å²) in [5.41, 5.74) is 7.00. The van der Waals surface area contributed by atoms with E-state index < -0.39 is 0 Å². The van der Waals surface area contributed by atoms with Gasteiger partial charge in [-0.2, -0.15) is 0 Å². The molecule has 1 aromatic carbocycles. The summed E-state index contributed by atoms with van der Waals surface area (Å²) in [6.45, 7) is 0.232. The fourth-order valence-electron chi connectivity index (χ4n) is 1.82. The number of nitrogens with two attached hydrogens (primary N) is 1. The molecule has 3 rings (SSSR count). The van der Waals surface area contributed by atoms with Crippen LogP contribution in [0.5, 0.6) is 5.75 Å². The molecule has 66 valence electrons. The standard InChI is InChI=1S/C10H8FNO/c11-7-1-2-8-10(6(7)4-12)5-3-9(5)13-8/h1-3,5H,4,12H2/t5-/m0/s1. The Morgan fingerprint density at radius 3 is 3.08 bits per heavy atom. The zero-order valence-corrected chi connectivity index (χ0v) is 6.88. The van der Waals surface area contributed by atoms with Crippen LogP contribution >= 0.6 is 0 Å². The van der Waals surface area contributed by atoms with Crippen molar-refractivity contribution < 1.29 is 9.13 Å². The van der Waals surface area contributed by atoms with E-state index in [-0.39, 0.29) is 18.3 Å². The van der Waals surface area contributed by atoms with Crippen LogP contribution in [0.4, 0.5) is 4.39 Å². The van der Waals surface area contributed by atoms with E-state index in [1.165, 1.54) is 6.07 Å². The number of ether oxygens (including phenoxy) is 1. The third kappa shape index (κ3) is 0.795. The van der Waals surface area contributed by atoms with Gasteiger partial charge in [-0.05, 0) is 18.2 Å². The highest BCUT2D eigenvalue weighted by atomic mass is 19.1. The SMILES string of the molecule is NCc1c(F)ccc2c1[C@H]1C=C1O2. The fourth-order valence-corrected chi connectivity index (χ4v) is 1.82. The summed E-state index contributed by atoms with van der Waals surface area (Å²) in [4.78, 5) is 0. The zero-order valence-electron chi connectivity index (χ0n) is 6.88. The van der Waals surface area contributed by atoms with Crippen LogP contribution in [-0.2, 0) is 6.54 Å². The minimum Gasteiger partial charge on any atom is -0.461 e.